The Hall–Kier alpha value is -0.830. The van der Waals surface area contributed by atoms with Crippen molar-refractivity contribution in [2.45, 2.75) is 18.7 Å². The van der Waals surface area contributed by atoms with Gasteiger partial charge in [0.15, 0.2) is 0 Å². The van der Waals surface area contributed by atoms with Crippen LogP contribution in [0.15, 0.2) is 24.3 Å². The minimum absolute atomic E-state index is 0.216. The topological polar surface area (TPSA) is 21.3 Å². The molecule has 0 aliphatic carbocycles. The summed E-state index contributed by atoms with van der Waals surface area (Å²) in [6.45, 7) is 3.99. The molecule has 1 N–H and O–H groups in total. The van der Waals surface area contributed by atoms with Gasteiger partial charge in [-0.3, -0.25) is 0 Å². The zero-order valence-electron chi connectivity index (χ0n) is 8.16. The van der Waals surface area contributed by atoms with Gasteiger partial charge in [-0.25, -0.2) is 0 Å². The van der Waals surface area contributed by atoms with E-state index >= 15 is 0 Å². The molecule has 1 aromatic rings. The number of anilines is 1. The van der Waals surface area contributed by atoms with E-state index in [-0.39, 0.29) is 4.87 Å². The second-order valence-corrected chi connectivity index (χ2v) is 4.53. The average Bonchev–Trinajstić information content (AvgIpc) is 2.01. The summed E-state index contributed by atoms with van der Waals surface area (Å²) in [5.74, 6) is 0.850. The number of nitrogens with one attached hydrogen (secondary N) is 1. The van der Waals surface area contributed by atoms with E-state index in [1.54, 1.807) is 7.11 Å². The highest BCUT2D eigenvalue weighted by atomic mass is 32.1. The van der Waals surface area contributed by atoms with E-state index in [9.17, 15) is 0 Å². The fourth-order valence-corrected chi connectivity index (χ4v) is 1.18. The van der Waals surface area contributed by atoms with E-state index in [0.29, 0.717) is 0 Å². The van der Waals surface area contributed by atoms with Crippen LogP contribution in [-0.4, -0.2) is 12.0 Å². The van der Waals surface area contributed by atoms with E-state index in [2.05, 4.69) is 17.9 Å². The summed E-state index contributed by atoms with van der Waals surface area (Å²) in [6, 6.07) is 7.79. The molecule has 0 spiro atoms. The van der Waals surface area contributed by atoms with Crippen LogP contribution < -0.4 is 10.1 Å². The number of ether oxygens (including phenoxy) is 1. The standard InChI is InChI=1S/C10H15NOS/c1-10(2,13)11-8-5-4-6-9(7-8)12-3/h4-7,11,13H,1-3H3. The molecule has 3 heteroatoms. The lowest BCUT2D eigenvalue weighted by molar-refractivity contribution is 0.415. The molecular weight excluding hydrogens is 182 g/mol. The third-order valence-electron chi connectivity index (χ3n) is 1.52. The van der Waals surface area contributed by atoms with Gasteiger partial charge in [-0.05, 0) is 26.0 Å². The predicted octanol–water partition coefficient (Wildman–Crippen LogP) is 2.77. The fraction of sp³-hybridized carbons (Fsp3) is 0.400. The maximum Gasteiger partial charge on any atom is 0.120 e. The van der Waals surface area contributed by atoms with Crippen molar-refractivity contribution in [2.75, 3.05) is 12.4 Å². The van der Waals surface area contributed by atoms with Gasteiger partial charge in [0, 0.05) is 11.8 Å². The summed E-state index contributed by atoms with van der Waals surface area (Å²) < 4.78 is 5.10. The summed E-state index contributed by atoms with van der Waals surface area (Å²) in [5, 5.41) is 3.24. The van der Waals surface area contributed by atoms with Crippen LogP contribution in [0.5, 0.6) is 5.75 Å². The van der Waals surface area contributed by atoms with Gasteiger partial charge in [-0.1, -0.05) is 6.07 Å². The van der Waals surface area contributed by atoms with Gasteiger partial charge in [-0.15, -0.1) is 0 Å². The molecule has 2 nitrogen and oxygen atoms in total. The molecule has 0 saturated heterocycles. The third-order valence-corrected chi connectivity index (χ3v) is 1.63. The van der Waals surface area contributed by atoms with Crippen LogP contribution in [0.3, 0.4) is 0 Å². The van der Waals surface area contributed by atoms with E-state index in [4.69, 9.17) is 4.74 Å². The van der Waals surface area contributed by atoms with Crippen molar-refractivity contribution in [1.82, 2.24) is 0 Å². The molecule has 0 aromatic heterocycles. The molecular formula is C10H15NOS. The predicted molar refractivity (Wildman–Crippen MR) is 59.7 cm³/mol. The second kappa shape index (κ2) is 3.92. The molecule has 0 heterocycles. The maximum absolute atomic E-state index is 5.10. The molecule has 0 aliphatic rings. The van der Waals surface area contributed by atoms with Crippen LogP contribution in [0.2, 0.25) is 0 Å². The van der Waals surface area contributed by atoms with Gasteiger partial charge in [0.1, 0.15) is 5.75 Å². The summed E-state index contributed by atoms with van der Waals surface area (Å²) in [6.07, 6.45) is 0. The first-order valence-corrected chi connectivity index (χ1v) is 4.60. The Labute approximate surface area is 84.7 Å². The van der Waals surface area contributed by atoms with E-state index < -0.39 is 0 Å². The number of hydrogen-bond donors (Lipinski definition) is 2. The molecule has 13 heavy (non-hydrogen) atoms. The minimum Gasteiger partial charge on any atom is -0.497 e. The summed E-state index contributed by atoms with van der Waals surface area (Å²) in [4.78, 5) is -0.216. The van der Waals surface area contributed by atoms with Gasteiger partial charge in [0.05, 0.1) is 12.0 Å². The zero-order valence-corrected chi connectivity index (χ0v) is 9.06. The highest BCUT2D eigenvalue weighted by Crippen LogP contribution is 2.21. The van der Waals surface area contributed by atoms with E-state index in [0.717, 1.165) is 11.4 Å². The monoisotopic (exact) mass is 197 g/mol. The number of hydrogen-bond acceptors (Lipinski definition) is 3. The zero-order chi connectivity index (χ0) is 9.90. The largest absolute Gasteiger partial charge is 0.497 e. The summed E-state index contributed by atoms with van der Waals surface area (Å²) in [7, 11) is 1.66. The van der Waals surface area contributed by atoms with Crippen LogP contribution in [0.1, 0.15) is 13.8 Å². The molecule has 0 aliphatic heterocycles. The maximum atomic E-state index is 5.10. The Kier molecular flexibility index (Phi) is 3.09. The van der Waals surface area contributed by atoms with Gasteiger partial charge in [-0.2, -0.15) is 12.6 Å². The van der Waals surface area contributed by atoms with Crippen molar-refractivity contribution in [3.63, 3.8) is 0 Å². The van der Waals surface area contributed by atoms with Crippen LogP contribution in [0, 0.1) is 0 Å². The Balaban J connectivity index is 2.78. The fourth-order valence-electron chi connectivity index (χ4n) is 1.05. The van der Waals surface area contributed by atoms with Gasteiger partial charge in [0.2, 0.25) is 0 Å². The van der Waals surface area contributed by atoms with Crippen molar-refractivity contribution in [3.05, 3.63) is 24.3 Å². The average molecular weight is 197 g/mol. The number of rotatable bonds is 3. The molecule has 0 atom stereocenters. The normalized spacial score (nSPS) is 11.1. The van der Waals surface area contributed by atoms with Gasteiger partial charge < -0.3 is 10.1 Å². The van der Waals surface area contributed by atoms with Crippen molar-refractivity contribution in [1.29, 1.82) is 0 Å². The highest BCUT2D eigenvalue weighted by Gasteiger charge is 2.09. The molecule has 0 fully saturated rings. The lowest BCUT2D eigenvalue weighted by Gasteiger charge is -2.21. The number of methoxy groups -OCH3 is 1. The first-order valence-electron chi connectivity index (χ1n) is 4.16. The van der Waals surface area contributed by atoms with Crippen molar-refractivity contribution < 1.29 is 4.74 Å². The molecule has 0 radical (unpaired) electrons. The minimum atomic E-state index is -0.216. The lowest BCUT2D eigenvalue weighted by Crippen LogP contribution is -2.22. The van der Waals surface area contributed by atoms with Crippen LogP contribution in [0.4, 0.5) is 5.69 Å². The van der Waals surface area contributed by atoms with E-state index in [1.165, 1.54) is 0 Å². The summed E-state index contributed by atoms with van der Waals surface area (Å²) in [5.41, 5.74) is 1.01. The van der Waals surface area contributed by atoms with Gasteiger partial charge in [0.25, 0.3) is 0 Å². The Morgan fingerprint density at radius 1 is 1.38 bits per heavy atom. The molecule has 0 unspecified atom stereocenters. The van der Waals surface area contributed by atoms with Crippen LogP contribution in [-0.2, 0) is 0 Å². The van der Waals surface area contributed by atoms with Crippen LogP contribution >= 0.6 is 12.6 Å². The Bertz CT molecular complexity index is 280. The molecule has 0 amide bonds. The molecule has 1 aromatic carbocycles. The van der Waals surface area contributed by atoms with E-state index in [1.807, 2.05) is 38.1 Å². The second-order valence-electron chi connectivity index (χ2n) is 3.42. The van der Waals surface area contributed by atoms with Gasteiger partial charge >= 0.3 is 0 Å². The Morgan fingerprint density at radius 3 is 2.62 bits per heavy atom. The summed E-state index contributed by atoms with van der Waals surface area (Å²) >= 11 is 4.38. The quantitative estimate of drug-likeness (QED) is 0.574. The lowest BCUT2D eigenvalue weighted by atomic mass is 10.2. The number of thiol groups is 1. The smallest absolute Gasteiger partial charge is 0.120 e. The molecule has 1 rings (SSSR count). The molecule has 0 saturated carbocycles. The van der Waals surface area contributed by atoms with Crippen molar-refractivity contribution in [3.8, 4) is 5.75 Å². The first kappa shape index (κ1) is 10.3. The molecule has 0 bridgehead atoms. The molecule has 72 valence electrons. The third kappa shape index (κ3) is 3.59. The van der Waals surface area contributed by atoms with Crippen LogP contribution in [0.25, 0.3) is 0 Å². The first-order chi connectivity index (χ1) is 6.01. The Morgan fingerprint density at radius 2 is 2.08 bits per heavy atom. The van der Waals surface area contributed by atoms with Crippen molar-refractivity contribution in [2.24, 2.45) is 0 Å². The van der Waals surface area contributed by atoms with Crippen molar-refractivity contribution >= 4 is 18.3 Å². The SMILES string of the molecule is COc1cccc(NC(C)(C)S)c1. The highest BCUT2D eigenvalue weighted by molar-refractivity contribution is 7.81. The number of benzene rings is 1.